The number of rotatable bonds is 3. The molecule has 0 radical (unpaired) electrons. The van der Waals surface area contributed by atoms with Crippen LogP contribution in [-0.4, -0.2) is 22.3 Å². The number of nitrogens with zero attached hydrogens (tertiary/aromatic N) is 1. The minimum Gasteiger partial charge on any atom is -0.507 e. The molecule has 2 aromatic carbocycles. The first-order valence-electron chi connectivity index (χ1n) is 5.99. The zero-order valence-electron chi connectivity index (χ0n) is 10.9. The van der Waals surface area contributed by atoms with Crippen molar-refractivity contribution in [2.45, 2.75) is 6.92 Å². The van der Waals surface area contributed by atoms with Crippen LogP contribution < -0.4 is 5.43 Å². The van der Waals surface area contributed by atoms with Crippen molar-refractivity contribution in [2.75, 3.05) is 0 Å². The van der Waals surface area contributed by atoms with Gasteiger partial charge in [0.1, 0.15) is 11.5 Å². The number of hydrazone groups is 1. The van der Waals surface area contributed by atoms with Gasteiger partial charge in [0.2, 0.25) is 0 Å². The molecule has 5 heteroatoms. The summed E-state index contributed by atoms with van der Waals surface area (Å²) in [7, 11) is 0. The summed E-state index contributed by atoms with van der Waals surface area (Å²) in [6.07, 6.45) is 1.35. The molecular weight excluding hydrogens is 256 g/mol. The van der Waals surface area contributed by atoms with Crippen LogP contribution in [-0.2, 0) is 0 Å². The summed E-state index contributed by atoms with van der Waals surface area (Å²) in [5, 5.41) is 23.1. The smallest absolute Gasteiger partial charge is 0.275 e. The van der Waals surface area contributed by atoms with Crippen molar-refractivity contribution in [3.05, 3.63) is 59.2 Å². The molecule has 0 bridgehead atoms. The number of hydrogen-bond acceptors (Lipinski definition) is 4. The van der Waals surface area contributed by atoms with Crippen molar-refractivity contribution in [2.24, 2.45) is 5.10 Å². The lowest BCUT2D eigenvalue weighted by Gasteiger charge is -2.03. The predicted molar refractivity (Wildman–Crippen MR) is 76.0 cm³/mol. The summed E-state index contributed by atoms with van der Waals surface area (Å²) in [5.74, 6) is -0.516. The maximum absolute atomic E-state index is 11.8. The number of carbonyl (C=O) groups is 1. The molecular formula is C15H14N2O3. The zero-order chi connectivity index (χ0) is 14.5. The van der Waals surface area contributed by atoms with Crippen LogP contribution in [0.3, 0.4) is 0 Å². The molecule has 2 aromatic rings. The van der Waals surface area contributed by atoms with E-state index in [1.165, 1.54) is 18.3 Å². The average Bonchev–Trinajstić information content (AvgIpc) is 2.44. The molecule has 102 valence electrons. The van der Waals surface area contributed by atoms with Crippen molar-refractivity contribution >= 4 is 12.1 Å². The SMILES string of the molecule is Cc1cccc(/C=N/NC(=O)c2ccccc2O)c1O. The van der Waals surface area contributed by atoms with E-state index in [0.717, 1.165) is 5.56 Å². The molecule has 0 fully saturated rings. The molecule has 0 aliphatic rings. The lowest BCUT2D eigenvalue weighted by molar-refractivity contribution is 0.0952. The molecule has 0 spiro atoms. The van der Waals surface area contributed by atoms with Crippen LogP contribution >= 0.6 is 0 Å². The Kier molecular flexibility index (Phi) is 4.00. The van der Waals surface area contributed by atoms with Crippen LogP contribution in [0.2, 0.25) is 0 Å². The fourth-order valence-corrected chi connectivity index (χ4v) is 1.67. The first kappa shape index (κ1) is 13.6. The van der Waals surface area contributed by atoms with Gasteiger partial charge in [-0.05, 0) is 30.7 Å². The number of para-hydroxylation sites is 2. The third-order valence-electron chi connectivity index (χ3n) is 2.79. The Labute approximate surface area is 116 Å². The van der Waals surface area contributed by atoms with E-state index in [9.17, 15) is 15.0 Å². The second kappa shape index (κ2) is 5.88. The van der Waals surface area contributed by atoms with Crippen molar-refractivity contribution in [1.29, 1.82) is 0 Å². The van der Waals surface area contributed by atoms with Gasteiger partial charge in [-0.15, -0.1) is 0 Å². The van der Waals surface area contributed by atoms with E-state index in [0.29, 0.717) is 5.56 Å². The molecule has 0 aliphatic carbocycles. The van der Waals surface area contributed by atoms with E-state index in [2.05, 4.69) is 10.5 Å². The van der Waals surface area contributed by atoms with E-state index in [-0.39, 0.29) is 17.1 Å². The van der Waals surface area contributed by atoms with Crippen molar-refractivity contribution in [3.8, 4) is 11.5 Å². The number of aromatic hydroxyl groups is 2. The monoisotopic (exact) mass is 270 g/mol. The first-order valence-corrected chi connectivity index (χ1v) is 5.99. The number of aryl methyl sites for hydroxylation is 1. The molecule has 0 aromatic heterocycles. The van der Waals surface area contributed by atoms with Crippen LogP contribution in [0.15, 0.2) is 47.6 Å². The fourth-order valence-electron chi connectivity index (χ4n) is 1.67. The summed E-state index contributed by atoms with van der Waals surface area (Å²) >= 11 is 0. The van der Waals surface area contributed by atoms with E-state index in [1.807, 2.05) is 0 Å². The number of amides is 1. The molecule has 0 atom stereocenters. The lowest BCUT2D eigenvalue weighted by atomic mass is 10.1. The number of hydrogen-bond donors (Lipinski definition) is 3. The molecule has 0 unspecified atom stereocenters. The number of phenols is 2. The van der Waals surface area contributed by atoms with Gasteiger partial charge in [-0.1, -0.05) is 24.3 Å². The lowest BCUT2D eigenvalue weighted by Crippen LogP contribution is -2.17. The van der Waals surface area contributed by atoms with Gasteiger partial charge in [-0.3, -0.25) is 4.79 Å². The Balaban J connectivity index is 2.09. The van der Waals surface area contributed by atoms with Gasteiger partial charge in [-0.2, -0.15) is 5.10 Å². The Bertz CT molecular complexity index is 666. The molecule has 0 saturated carbocycles. The second-order valence-electron chi connectivity index (χ2n) is 4.23. The Morgan fingerprint density at radius 1 is 1.15 bits per heavy atom. The predicted octanol–water partition coefficient (Wildman–Crippen LogP) is 2.17. The molecule has 20 heavy (non-hydrogen) atoms. The second-order valence-corrected chi connectivity index (χ2v) is 4.23. The van der Waals surface area contributed by atoms with Gasteiger partial charge in [0.25, 0.3) is 5.91 Å². The van der Waals surface area contributed by atoms with E-state index < -0.39 is 5.91 Å². The standard InChI is InChI=1S/C15H14N2O3/c1-10-5-4-6-11(14(10)19)9-16-17-15(20)12-7-2-3-8-13(12)18/h2-9,18-19H,1H3,(H,17,20)/b16-9+. The van der Waals surface area contributed by atoms with Crippen LogP contribution in [0, 0.1) is 6.92 Å². The normalized spacial score (nSPS) is 10.7. The summed E-state index contributed by atoms with van der Waals surface area (Å²) in [5.41, 5.74) is 3.66. The molecule has 5 nitrogen and oxygen atoms in total. The van der Waals surface area contributed by atoms with Gasteiger partial charge in [-0.25, -0.2) is 5.43 Å². The fraction of sp³-hybridized carbons (Fsp3) is 0.0667. The highest BCUT2D eigenvalue weighted by molar-refractivity contribution is 5.97. The zero-order valence-corrected chi connectivity index (χ0v) is 10.9. The van der Waals surface area contributed by atoms with E-state index in [1.54, 1.807) is 37.3 Å². The Hall–Kier alpha value is -2.82. The van der Waals surface area contributed by atoms with Crippen LogP contribution in [0.25, 0.3) is 0 Å². The van der Waals surface area contributed by atoms with Crippen molar-refractivity contribution in [1.82, 2.24) is 5.43 Å². The highest BCUT2D eigenvalue weighted by Crippen LogP contribution is 2.19. The van der Waals surface area contributed by atoms with Gasteiger partial charge in [0.15, 0.2) is 0 Å². The number of nitrogens with one attached hydrogen (secondary N) is 1. The molecule has 1 amide bonds. The van der Waals surface area contributed by atoms with Crippen LogP contribution in [0.5, 0.6) is 11.5 Å². The van der Waals surface area contributed by atoms with Gasteiger partial charge in [0.05, 0.1) is 11.8 Å². The van der Waals surface area contributed by atoms with Crippen molar-refractivity contribution in [3.63, 3.8) is 0 Å². The average molecular weight is 270 g/mol. The summed E-state index contributed by atoms with van der Waals surface area (Å²) in [4.78, 5) is 11.8. The number of carbonyl (C=O) groups excluding carboxylic acids is 1. The molecule has 0 heterocycles. The minimum absolute atomic E-state index is 0.112. The minimum atomic E-state index is -0.522. The Morgan fingerprint density at radius 2 is 1.90 bits per heavy atom. The van der Waals surface area contributed by atoms with Crippen LogP contribution in [0.1, 0.15) is 21.5 Å². The number of benzene rings is 2. The first-order chi connectivity index (χ1) is 9.59. The summed E-state index contributed by atoms with van der Waals surface area (Å²) in [6, 6.07) is 11.4. The highest BCUT2D eigenvalue weighted by atomic mass is 16.3. The van der Waals surface area contributed by atoms with Crippen LogP contribution in [0.4, 0.5) is 0 Å². The van der Waals surface area contributed by atoms with Gasteiger partial charge < -0.3 is 10.2 Å². The molecule has 0 saturated heterocycles. The number of phenolic OH excluding ortho intramolecular Hbond substituents is 2. The maximum Gasteiger partial charge on any atom is 0.275 e. The maximum atomic E-state index is 11.8. The topological polar surface area (TPSA) is 81.9 Å². The quantitative estimate of drug-likeness (QED) is 0.590. The summed E-state index contributed by atoms with van der Waals surface area (Å²) < 4.78 is 0. The van der Waals surface area contributed by atoms with Gasteiger partial charge >= 0.3 is 0 Å². The van der Waals surface area contributed by atoms with E-state index >= 15 is 0 Å². The largest absolute Gasteiger partial charge is 0.507 e. The molecule has 0 aliphatic heterocycles. The van der Waals surface area contributed by atoms with Gasteiger partial charge in [0, 0.05) is 5.56 Å². The van der Waals surface area contributed by atoms with E-state index in [4.69, 9.17) is 0 Å². The Morgan fingerprint density at radius 3 is 2.65 bits per heavy atom. The van der Waals surface area contributed by atoms with Crippen molar-refractivity contribution < 1.29 is 15.0 Å². The third kappa shape index (κ3) is 2.95. The molecule has 2 rings (SSSR count). The third-order valence-corrected chi connectivity index (χ3v) is 2.79. The molecule has 3 N–H and O–H groups in total. The summed E-state index contributed by atoms with van der Waals surface area (Å²) in [6.45, 7) is 1.77. The highest BCUT2D eigenvalue weighted by Gasteiger charge is 2.08.